The minimum absolute atomic E-state index is 0.294. The van der Waals surface area contributed by atoms with Crippen LogP contribution in [0.1, 0.15) is 17.5 Å². The molecule has 4 heteroatoms. The molecular formula is C16H18O4. The highest BCUT2D eigenvalue weighted by molar-refractivity contribution is 5.66. The van der Waals surface area contributed by atoms with Crippen LogP contribution in [0.5, 0.6) is 5.75 Å². The molecule has 0 spiro atoms. The highest BCUT2D eigenvalue weighted by Gasteiger charge is 2.25. The molecule has 2 unspecified atom stereocenters. The lowest BCUT2D eigenvalue weighted by atomic mass is 9.95. The van der Waals surface area contributed by atoms with Crippen molar-refractivity contribution in [2.24, 2.45) is 0 Å². The quantitative estimate of drug-likeness (QED) is 0.746. The number of fused-ring (bicyclic) bond motifs is 1. The molecule has 3 aliphatic rings. The maximum atomic E-state index is 5.86. The summed E-state index contributed by atoms with van der Waals surface area (Å²) in [4.78, 5) is 0. The monoisotopic (exact) mass is 274 g/mol. The summed E-state index contributed by atoms with van der Waals surface area (Å²) in [6.45, 7) is 2.96. The molecule has 20 heavy (non-hydrogen) atoms. The van der Waals surface area contributed by atoms with E-state index in [1.807, 2.05) is 6.07 Å². The summed E-state index contributed by atoms with van der Waals surface area (Å²) in [6, 6.07) is 6.23. The van der Waals surface area contributed by atoms with Crippen molar-refractivity contribution in [1.29, 1.82) is 0 Å². The van der Waals surface area contributed by atoms with Gasteiger partial charge in [0.05, 0.1) is 13.2 Å². The summed E-state index contributed by atoms with van der Waals surface area (Å²) in [5.41, 5.74) is 2.49. The average Bonchev–Trinajstić information content (AvgIpc) is 3.37. The maximum absolute atomic E-state index is 5.86. The summed E-state index contributed by atoms with van der Waals surface area (Å²) >= 11 is 0. The topological polar surface area (TPSA) is 43.5 Å². The molecule has 0 aromatic heterocycles. The predicted molar refractivity (Wildman–Crippen MR) is 73.7 cm³/mol. The van der Waals surface area contributed by atoms with E-state index in [-0.39, 0.29) is 0 Å². The molecule has 0 saturated carbocycles. The number of aryl methyl sites for hydroxylation is 1. The largest absolute Gasteiger partial charge is 0.491 e. The van der Waals surface area contributed by atoms with Crippen LogP contribution < -0.4 is 4.74 Å². The second-order valence-electron chi connectivity index (χ2n) is 5.46. The van der Waals surface area contributed by atoms with Gasteiger partial charge in [-0.3, -0.25) is 0 Å². The number of hydrogen-bond donors (Lipinski definition) is 0. The summed E-state index contributed by atoms with van der Waals surface area (Å²) in [5.74, 6) is 1.91. The Balaban J connectivity index is 1.45. The molecule has 2 atom stereocenters. The Bertz CT molecular complexity index is 529. The smallest absolute Gasteiger partial charge is 0.122 e. The van der Waals surface area contributed by atoms with Crippen molar-refractivity contribution in [3.8, 4) is 5.75 Å². The zero-order chi connectivity index (χ0) is 13.4. The van der Waals surface area contributed by atoms with Crippen LogP contribution in [-0.2, 0) is 20.6 Å². The van der Waals surface area contributed by atoms with Crippen molar-refractivity contribution in [3.63, 3.8) is 0 Å². The van der Waals surface area contributed by atoms with Gasteiger partial charge in [0.1, 0.15) is 36.9 Å². The lowest BCUT2D eigenvalue weighted by Crippen LogP contribution is -2.08. The Morgan fingerprint density at radius 2 is 1.80 bits per heavy atom. The first-order valence-electron chi connectivity index (χ1n) is 7.21. The van der Waals surface area contributed by atoms with Crippen LogP contribution in [0.25, 0.3) is 5.76 Å². The summed E-state index contributed by atoms with van der Waals surface area (Å²) in [6.07, 6.45) is 4.82. The average molecular weight is 274 g/mol. The molecule has 0 bridgehead atoms. The SMILES string of the molecule is C1=C(OCC2CO2)c2ccc(OCC3CO3)cc2CC1. The Kier molecular flexibility index (Phi) is 3.13. The summed E-state index contributed by atoms with van der Waals surface area (Å²) in [7, 11) is 0. The van der Waals surface area contributed by atoms with Crippen molar-refractivity contribution < 1.29 is 18.9 Å². The van der Waals surface area contributed by atoms with Gasteiger partial charge in [-0.1, -0.05) is 0 Å². The lowest BCUT2D eigenvalue weighted by molar-refractivity contribution is 0.231. The van der Waals surface area contributed by atoms with Crippen LogP contribution >= 0.6 is 0 Å². The fourth-order valence-corrected chi connectivity index (χ4v) is 2.41. The third-order valence-corrected chi connectivity index (χ3v) is 3.75. The van der Waals surface area contributed by atoms with Crippen LogP contribution in [-0.4, -0.2) is 38.6 Å². The highest BCUT2D eigenvalue weighted by atomic mass is 16.6. The molecule has 4 rings (SSSR count). The van der Waals surface area contributed by atoms with E-state index in [1.165, 1.54) is 11.1 Å². The molecule has 1 aromatic carbocycles. The standard InChI is InChI=1S/C16H18O4/c1-2-11-6-12(17-7-13-8-18-13)4-5-15(11)16(3-1)20-10-14-9-19-14/h3-6,13-14H,1-2,7-10H2. The van der Waals surface area contributed by atoms with E-state index in [4.69, 9.17) is 18.9 Å². The number of epoxide rings is 2. The van der Waals surface area contributed by atoms with Crippen molar-refractivity contribution >= 4 is 5.76 Å². The van der Waals surface area contributed by atoms with E-state index < -0.39 is 0 Å². The number of hydrogen-bond acceptors (Lipinski definition) is 4. The van der Waals surface area contributed by atoms with Crippen LogP contribution in [0.15, 0.2) is 24.3 Å². The molecular weight excluding hydrogens is 256 g/mol. The Labute approximate surface area is 118 Å². The van der Waals surface area contributed by atoms with Gasteiger partial charge in [-0.2, -0.15) is 0 Å². The first kappa shape index (κ1) is 12.2. The zero-order valence-electron chi connectivity index (χ0n) is 11.3. The maximum Gasteiger partial charge on any atom is 0.122 e. The minimum Gasteiger partial charge on any atom is -0.491 e. The van der Waals surface area contributed by atoms with E-state index in [0.29, 0.717) is 25.4 Å². The van der Waals surface area contributed by atoms with Gasteiger partial charge >= 0.3 is 0 Å². The lowest BCUT2D eigenvalue weighted by Gasteiger charge is -2.19. The third kappa shape index (κ3) is 2.81. The van der Waals surface area contributed by atoms with Crippen LogP contribution in [0.2, 0.25) is 0 Å². The van der Waals surface area contributed by atoms with Crippen LogP contribution in [0.4, 0.5) is 0 Å². The number of allylic oxidation sites excluding steroid dienone is 1. The van der Waals surface area contributed by atoms with E-state index in [2.05, 4.69) is 18.2 Å². The van der Waals surface area contributed by atoms with Crippen molar-refractivity contribution in [3.05, 3.63) is 35.4 Å². The Hall–Kier alpha value is -1.52. The van der Waals surface area contributed by atoms with E-state index in [9.17, 15) is 0 Å². The van der Waals surface area contributed by atoms with Crippen LogP contribution in [0, 0.1) is 0 Å². The molecule has 1 aliphatic carbocycles. The van der Waals surface area contributed by atoms with Gasteiger partial charge in [0.25, 0.3) is 0 Å². The van der Waals surface area contributed by atoms with Crippen molar-refractivity contribution in [2.75, 3.05) is 26.4 Å². The number of rotatable bonds is 6. The second kappa shape index (κ2) is 5.11. The Morgan fingerprint density at radius 1 is 1.05 bits per heavy atom. The van der Waals surface area contributed by atoms with Gasteiger partial charge in [-0.25, -0.2) is 0 Å². The molecule has 106 valence electrons. The first-order chi connectivity index (χ1) is 9.88. The van der Waals surface area contributed by atoms with E-state index >= 15 is 0 Å². The molecule has 0 amide bonds. The fraction of sp³-hybridized carbons (Fsp3) is 0.500. The molecule has 4 nitrogen and oxygen atoms in total. The van der Waals surface area contributed by atoms with Gasteiger partial charge in [0, 0.05) is 5.56 Å². The highest BCUT2D eigenvalue weighted by Crippen LogP contribution is 2.31. The van der Waals surface area contributed by atoms with Gasteiger partial charge < -0.3 is 18.9 Å². The van der Waals surface area contributed by atoms with Gasteiger partial charge in [-0.05, 0) is 42.7 Å². The molecule has 1 aromatic rings. The molecule has 2 saturated heterocycles. The van der Waals surface area contributed by atoms with Gasteiger partial charge in [-0.15, -0.1) is 0 Å². The molecule has 2 aliphatic heterocycles. The van der Waals surface area contributed by atoms with Crippen LogP contribution in [0.3, 0.4) is 0 Å². The van der Waals surface area contributed by atoms with Gasteiger partial charge in [0.2, 0.25) is 0 Å². The van der Waals surface area contributed by atoms with E-state index in [0.717, 1.165) is 37.6 Å². The molecule has 0 N–H and O–H groups in total. The molecule has 2 heterocycles. The molecule has 2 fully saturated rings. The van der Waals surface area contributed by atoms with Gasteiger partial charge in [0.15, 0.2) is 0 Å². The van der Waals surface area contributed by atoms with Crippen molar-refractivity contribution in [1.82, 2.24) is 0 Å². The van der Waals surface area contributed by atoms with Crippen molar-refractivity contribution in [2.45, 2.75) is 25.0 Å². The second-order valence-corrected chi connectivity index (χ2v) is 5.46. The first-order valence-corrected chi connectivity index (χ1v) is 7.21. The summed E-state index contributed by atoms with van der Waals surface area (Å²) in [5, 5.41) is 0. The Morgan fingerprint density at radius 3 is 2.55 bits per heavy atom. The predicted octanol–water partition coefficient (Wildman–Crippen LogP) is 2.17. The number of benzene rings is 1. The zero-order valence-corrected chi connectivity index (χ0v) is 11.3. The summed E-state index contributed by atoms with van der Waals surface area (Å²) < 4.78 is 21.9. The van der Waals surface area contributed by atoms with E-state index in [1.54, 1.807) is 0 Å². The molecule has 0 radical (unpaired) electrons. The third-order valence-electron chi connectivity index (χ3n) is 3.75. The normalized spacial score (nSPS) is 26.5. The minimum atomic E-state index is 0.294. The number of ether oxygens (including phenoxy) is 4. The fourth-order valence-electron chi connectivity index (χ4n) is 2.41.